The van der Waals surface area contributed by atoms with Crippen LogP contribution in [0, 0.1) is 0 Å². The molecule has 0 aliphatic rings. The summed E-state index contributed by atoms with van der Waals surface area (Å²) in [4.78, 5) is 14.0. The van der Waals surface area contributed by atoms with E-state index >= 15 is 0 Å². The fraction of sp³-hybridized carbons (Fsp3) is 0.227. The molecule has 4 nitrogen and oxygen atoms in total. The third-order valence-corrected chi connectivity index (χ3v) is 4.72. The van der Waals surface area contributed by atoms with E-state index in [0.29, 0.717) is 6.54 Å². The van der Waals surface area contributed by atoms with Crippen LogP contribution >= 0.6 is 0 Å². The molecule has 134 valence electrons. The molecule has 0 radical (unpaired) electrons. The van der Waals surface area contributed by atoms with Crippen LogP contribution in [0.25, 0.3) is 0 Å². The van der Waals surface area contributed by atoms with Crippen molar-refractivity contribution in [3.05, 3.63) is 95.9 Å². The molecular weight excluding hydrogens is 324 g/mol. The summed E-state index contributed by atoms with van der Waals surface area (Å²) >= 11 is 0. The molecular formula is C22H25N2O2+. The maximum atomic E-state index is 12.9. The number of benzene rings is 2. The van der Waals surface area contributed by atoms with E-state index in [-0.39, 0.29) is 18.0 Å². The molecule has 0 aliphatic heterocycles. The number of likely N-dealkylation sites (N-methyl/N-ethyl adjacent to an activating group) is 1. The molecule has 3 rings (SSSR count). The fourth-order valence-electron chi connectivity index (χ4n) is 2.98. The summed E-state index contributed by atoms with van der Waals surface area (Å²) in [7, 11) is 2.01. The Morgan fingerprint density at radius 3 is 2.04 bits per heavy atom. The summed E-state index contributed by atoms with van der Waals surface area (Å²) < 4.78 is 5.40. The number of quaternary nitrogens is 1. The molecule has 0 spiro atoms. The van der Waals surface area contributed by atoms with E-state index in [9.17, 15) is 4.79 Å². The van der Waals surface area contributed by atoms with Crippen LogP contribution in [0.2, 0.25) is 0 Å². The second kappa shape index (κ2) is 8.50. The molecule has 0 saturated heterocycles. The quantitative estimate of drug-likeness (QED) is 0.689. The van der Waals surface area contributed by atoms with Gasteiger partial charge in [-0.15, -0.1) is 0 Å². The van der Waals surface area contributed by atoms with Crippen molar-refractivity contribution in [2.45, 2.75) is 25.6 Å². The van der Waals surface area contributed by atoms with E-state index in [2.05, 4.69) is 5.32 Å². The van der Waals surface area contributed by atoms with Crippen molar-refractivity contribution in [1.82, 2.24) is 5.32 Å². The summed E-state index contributed by atoms with van der Waals surface area (Å²) in [5, 5.41) is 3.22. The Hall–Kier alpha value is -2.85. The molecule has 2 aromatic carbocycles. The first-order chi connectivity index (χ1) is 12.6. The Labute approximate surface area is 154 Å². The average Bonchev–Trinajstić information content (AvgIpc) is 3.19. The third kappa shape index (κ3) is 4.41. The first kappa shape index (κ1) is 18.0. The van der Waals surface area contributed by atoms with Gasteiger partial charge in [0.2, 0.25) is 0 Å². The van der Waals surface area contributed by atoms with Crippen molar-refractivity contribution in [3.8, 4) is 0 Å². The van der Waals surface area contributed by atoms with Crippen LogP contribution < -0.4 is 10.2 Å². The van der Waals surface area contributed by atoms with E-state index < -0.39 is 0 Å². The number of hydrogen-bond donors (Lipinski definition) is 2. The van der Waals surface area contributed by atoms with E-state index in [0.717, 1.165) is 21.8 Å². The second-order valence-electron chi connectivity index (χ2n) is 6.59. The molecule has 2 N–H and O–H groups in total. The molecule has 0 saturated carbocycles. The van der Waals surface area contributed by atoms with Crippen molar-refractivity contribution in [2.75, 3.05) is 7.05 Å². The fourth-order valence-corrected chi connectivity index (χ4v) is 2.98. The van der Waals surface area contributed by atoms with Gasteiger partial charge in [0.25, 0.3) is 5.91 Å². The standard InChI is InChI=1S/C22H24N2O2/c1-17(24(2)16-20-14-9-15-26-20)22(25)23-21(18-10-5-3-6-11-18)19-12-7-4-8-13-19/h3-15,17,21H,16H2,1-2H3,(H,23,25)/p+1/t17-/m1/s1. The number of rotatable bonds is 7. The van der Waals surface area contributed by atoms with Gasteiger partial charge in [-0.3, -0.25) is 4.79 Å². The van der Waals surface area contributed by atoms with Gasteiger partial charge < -0.3 is 14.6 Å². The third-order valence-electron chi connectivity index (χ3n) is 4.72. The molecule has 1 heterocycles. The Morgan fingerprint density at radius 1 is 0.962 bits per heavy atom. The highest BCUT2D eigenvalue weighted by molar-refractivity contribution is 5.80. The molecule has 2 atom stereocenters. The van der Waals surface area contributed by atoms with Gasteiger partial charge in [-0.05, 0) is 30.2 Å². The number of carbonyl (C=O) groups excluding carboxylic acids is 1. The molecule has 1 aromatic heterocycles. The molecule has 0 bridgehead atoms. The SMILES string of the molecule is C[C@H](C(=O)NC(c1ccccc1)c1ccccc1)[NH+](C)Cc1ccco1. The minimum atomic E-state index is -0.199. The highest BCUT2D eigenvalue weighted by Gasteiger charge is 2.26. The summed E-state index contributed by atoms with van der Waals surface area (Å²) in [6, 6.07) is 23.6. The van der Waals surface area contributed by atoms with Gasteiger partial charge in [-0.2, -0.15) is 0 Å². The topological polar surface area (TPSA) is 46.7 Å². The van der Waals surface area contributed by atoms with E-state index in [1.807, 2.05) is 86.8 Å². The second-order valence-corrected chi connectivity index (χ2v) is 6.59. The van der Waals surface area contributed by atoms with Gasteiger partial charge in [-0.1, -0.05) is 60.7 Å². The van der Waals surface area contributed by atoms with Gasteiger partial charge in [0.15, 0.2) is 11.8 Å². The van der Waals surface area contributed by atoms with E-state index in [4.69, 9.17) is 4.42 Å². The number of hydrogen-bond acceptors (Lipinski definition) is 2. The van der Waals surface area contributed by atoms with Crippen molar-refractivity contribution in [1.29, 1.82) is 0 Å². The van der Waals surface area contributed by atoms with E-state index in [1.54, 1.807) is 6.26 Å². The summed E-state index contributed by atoms with van der Waals surface area (Å²) in [6.45, 7) is 2.61. The Balaban J connectivity index is 1.74. The van der Waals surface area contributed by atoms with Gasteiger partial charge in [0, 0.05) is 0 Å². The Morgan fingerprint density at radius 2 is 1.54 bits per heavy atom. The Bertz CT molecular complexity index is 761. The molecule has 26 heavy (non-hydrogen) atoms. The lowest BCUT2D eigenvalue weighted by Gasteiger charge is -2.25. The summed E-state index contributed by atoms with van der Waals surface area (Å²) in [5.74, 6) is 0.900. The molecule has 1 amide bonds. The first-order valence-electron chi connectivity index (χ1n) is 8.90. The average molecular weight is 349 g/mol. The lowest BCUT2D eigenvalue weighted by atomic mass is 9.98. The molecule has 0 fully saturated rings. The molecule has 1 unspecified atom stereocenters. The minimum absolute atomic E-state index is 0.0202. The van der Waals surface area contributed by atoms with Crippen molar-refractivity contribution < 1.29 is 14.1 Å². The molecule has 0 aliphatic carbocycles. The van der Waals surface area contributed by atoms with Crippen molar-refractivity contribution in [3.63, 3.8) is 0 Å². The zero-order valence-electron chi connectivity index (χ0n) is 15.2. The highest BCUT2D eigenvalue weighted by atomic mass is 16.3. The maximum absolute atomic E-state index is 12.9. The number of carbonyl (C=O) groups is 1. The monoisotopic (exact) mass is 349 g/mol. The highest BCUT2D eigenvalue weighted by Crippen LogP contribution is 2.21. The number of nitrogens with one attached hydrogen (secondary N) is 2. The van der Waals surface area contributed by atoms with Gasteiger partial charge in [0.05, 0.1) is 19.4 Å². The lowest BCUT2D eigenvalue weighted by Crippen LogP contribution is -3.12. The molecule has 3 aromatic rings. The van der Waals surface area contributed by atoms with E-state index in [1.165, 1.54) is 0 Å². The normalized spacial score (nSPS) is 13.3. The Kier molecular flexibility index (Phi) is 5.87. The van der Waals surface area contributed by atoms with Gasteiger partial charge in [0.1, 0.15) is 6.54 Å². The summed E-state index contributed by atoms with van der Waals surface area (Å²) in [6.07, 6.45) is 1.66. The lowest BCUT2D eigenvalue weighted by molar-refractivity contribution is -0.909. The van der Waals surface area contributed by atoms with Crippen LogP contribution in [-0.4, -0.2) is 19.0 Å². The van der Waals surface area contributed by atoms with Crippen LogP contribution in [-0.2, 0) is 11.3 Å². The van der Waals surface area contributed by atoms with Crippen LogP contribution in [0.4, 0.5) is 0 Å². The largest absolute Gasteiger partial charge is 0.463 e. The molecule has 4 heteroatoms. The number of furan rings is 1. The summed E-state index contributed by atoms with van der Waals surface area (Å²) in [5.41, 5.74) is 2.14. The number of amides is 1. The van der Waals surface area contributed by atoms with Crippen LogP contribution in [0.1, 0.15) is 29.9 Å². The van der Waals surface area contributed by atoms with Crippen molar-refractivity contribution in [2.24, 2.45) is 0 Å². The first-order valence-corrected chi connectivity index (χ1v) is 8.90. The smallest absolute Gasteiger partial charge is 0.278 e. The van der Waals surface area contributed by atoms with Crippen molar-refractivity contribution >= 4 is 5.91 Å². The van der Waals surface area contributed by atoms with Gasteiger partial charge in [-0.25, -0.2) is 0 Å². The zero-order chi connectivity index (χ0) is 18.4. The van der Waals surface area contributed by atoms with Crippen LogP contribution in [0.3, 0.4) is 0 Å². The predicted molar refractivity (Wildman–Crippen MR) is 102 cm³/mol. The predicted octanol–water partition coefficient (Wildman–Crippen LogP) is 2.59. The van der Waals surface area contributed by atoms with Crippen LogP contribution in [0.15, 0.2) is 83.5 Å². The van der Waals surface area contributed by atoms with Crippen LogP contribution in [0.5, 0.6) is 0 Å². The maximum Gasteiger partial charge on any atom is 0.278 e. The van der Waals surface area contributed by atoms with Gasteiger partial charge >= 0.3 is 0 Å². The zero-order valence-corrected chi connectivity index (χ0v) is 15.2. The minimum Gasteiger partial charge on any atom is -0.463 e.